The molecular formula is C91H140N16O22S2. The third-order valence-corrected chi connectivity index (χ3v) is 25.7. The van der Waals surface area contributed by atoms with Crippen molar-refractivity contribution in [2.75, 3.05) is 79.1 Å². The van der Waals surface area contributed by atoms with Crippen LogP contribution in [0.25, 0.3) is 0 Å². The average molecular weight is 1870 g/mol. The van der Waals surface area contributed by atoms with Gasteiger partial charge in [-0.2, -0.15) is 0 Å². The minimum Gasteiger partial charge on any atom is -0.506 e. The third kappa shape index (κ3) is 34.6. The van der Waals surface area contributed by atoms with E-state index in [0.29, 0.717) is 24.0 Å². The fourth-order valence-corrected chi connectivity index (χ4v) is 15.8. The lowest BCUT2D eigenvalue weighted by molar-refractivity contribution is -0.160. The van der Waals surface area contributed by atoms with E-state index < -0.39 is 168 Å². The number of thiazole rings is 2. The Balaban J connectivity index is 1.36. The highest BCUT2D eigenvalue weighted by molar-refractivity contribution is 7.10. The van der Waals surface area contributed by atoms with Crippen molar-refractivity contribution in [3.05, 3.63) is 92.3 Å². The summed E-state index contributed by atoms with van der Waals surface area (Å²) in [5.74, 6) is -13.5. The molecule has 0 fully saturated rings. The topological polar surface area (TPSA) is 517 Å². The first-order valence-corrected chi connectivity index (χ1v) is 45.8. The normalized spacial score (nSPS) is 14.7. The maximum absolute atomic E-state index is 14.5. The highest BCUT2D eigenvalue weighted by Crippen LogP contribution is 2.36. The van der Waals surface area contributed by atoms with Gasteiger partial charge in [0.2, 0.25) is 47.3 Å². The lowest BCUT2D eigenvalue weighted by Gasteiger charge is -2.42. The van der Waals surface area contributed by atoms with Crippen LogP contribution in [-0.4, -0.2) is 276 Å². The van der Waals surface area contributed by atoms with Crippen LogP contribution in [0.1, 0.15) is 236 Å². The minimum absolute atomic E-state index is 0.00509. The zero-order chi connectivity index (χ0) is 99.1. The molecule has 11 amide bonds. The Morgan fingerprint density at radius 3 is 1.27 bits per heavy atom. The van der Waals surface area contributed by atoms with E-state index in [4.69, 9.17) is 9.47 Å². The van der Waals surface area contributed by atoms with Crippen molar-refractivity contribution in [1.29, 1.82) is 0 Å². The fraction of sp³-hybridized carbons (Fsp3) is 0.615. The zero-order valence-corrected chi connectivity index (χ0v) is 81.6. The summed E-state index contributed by atoms with van der Waals surface area (Å²) in [5, 5.41) is 80.6. The maximum atomic E-state index is 14.5. The summed E-state index contributed by atoms with van der Waals surface area (Å²) in [6.07, 6.45) is -2.50. The minimum atomic E-state index is -1.15. The first-order chi connectivity index (χ1) is 61.1. The summed E-state index contributed by atoms with van der Waals surface area (Å²) in [6.45, 7) is 31.2. The summed E-state index contributed by atoms with van der Waals surface area (Å²) in [6, 6.07) is 3.99. The third-order valence-electron chi connectivity index (χ3n) is 23.9. The van der Waals surface area contributed by atoms with Crippen molar-refractivity contribution in [2.24, 2.45) is 35.5 Å². The molecule has 0 bridgehead atoms. The number of aliphatic hydroxyl groups excluding tert-OH is 1. The number of likely N-dealkylation sites (N-methyl/N-ethyl adjacent to an activating group) is 4. The van der Waals surface area contributed by atoms with Crippen molar-refractivity contribution in [2.45, 2.75) is 261 Å². The molecule has 13 atom stereocenters. The predicted molar refractivity (Wildman–Crippen MR) is 495 cm³/mol. The Morgan fingerprint density at radius 2 is 0.916 bits per heavy atom. The van der Waals surface area contributed by atoms with Crippen LogP contribution in [-0.2, 0) is 84.6 Å². The van der Waals surface area contributed by atoms with Gasteiger partial charge in [-0.15, -0.1) is 22.7 Å². The molecule has 40 heteroatoms. The number of carboxylic acid groups (broad SMARTS) is 2. The number of hydrazine groups is 1. The highest BCUT2D eigenvalue weighted by atomic mass is 32.1. The van der Waals surface area contributed by atoms with Gasteiger partial charge in [-0.25, -0.2) is 15.0 Å². The molecule has 2 aromatic heterocycles. The monoisotopic (exact) mass is 1870 g/mol. The number of benzene rings is 2. The number of aliphatic hydroxyl groups is 1. The number of hydrogen-bond donors (Lipinski definition) is 13. The highest BCUT2D eigenvalue weighted by Gasteiger charge is 2.42. The molecule has 2 aromatic carbocycles. The fourth-order valence-electron chi connectivity index (χ4n) is 14.1. The number of carboxylic acids is 2. The number of ether oxygens (including phenoxy) is 2. The van der Waals surface area contributed by atoms with Gasteiger partial charge in [0.25, 0.3) is 17.7 Å². The molecule has 0 saturated heterocycles. The van der Waals surface area contributed by atoms with Crippen molar-refractivity contribution in [3.8, 4) is 11.5 Å². The molecule has 38 nitrogen and oxygen atoms in total. The SMILES string of the molecule is C=CC(=O)N(CCC(=O)NCCC(=O)Nc1cc(C[C@@H](CC(C)C(=O)O)NC(=O)c2csc([C@@H](C[C@H](C(C)C)N(C)C(=O)[C@@H](NC(O)C(C)(C)N(C)C)[C@@H](C)CC)OC(C)=O)n2)ccc1O)N(CCC(=O)NCCC(=O)Nc1cc(C[C@@H](CC(C)C(=O)O)NC(=O)c2csc([C@@H](C[C@H](C(C)C)N(C)C(=O)[C@@H](NC(=O)C(C)(C)N(C)C)[C@@H](C)CC)OC(C)=O)n2)ccc1O)C(C)=O. The largest absolute Gasteiger partial charge is 0.506 e. The number of carbonyl (C=O) groups is 15. The van der Waals surface area contributed by atoms with Crippen LogP contribution in [0.15, 0.2) is 59.8 Å². The molecule has 0 saturated carbocycles. The smallest absolute Gasteiger partial charge is 0.306 e. The molecular weight excluding hydrogens is 1730 g/mol. The van der Waals surface area contributed by atoms with Gasteiger partial charge in [0.1, 0.15) is 45.2 Å². The summed E-state index contributed by atoms with van der Waals surface area (Å²) in [4.78, 5) is 216. The van der Waals surface area contributed by atoms with Crippen molar-refractivity contribution >= 4 is 123 Å². The number of phenolic OH excluding ortho intramolecular Hbond substituents is 2. The average Bonchev–Trinajstić information content (AvgIpc) is 1.24. The number of aromatic nitrogens is 2. The van der Waals surface area contributed by atoms with E-state index in [-0.39, 0.29) is 157 Å². The molecule has 131 heavy (non-hydrogen) atoms. The van der Waals surface area contributed by atoms with Crippen LogP contribution < -0.4 is 42.5 Å². The van der Waals surface area contributed by atoms with E-state index in [1.165, 1.54) is 74.9 Å². The lowest BCUT2D eigenvalue weighted by atomic mass is 9.92. The van der Waals surface area contributed by atoms with E-state index in [1.807, 2.05) is 88.2 Å². The molecule has 4 aromatic rings. The van der Waals surface area contributed by atoms with Crippen LogP contribution in [0.4, 0.5) is 11.4 Å². The predicted octanol–water partition coefficient (Wildman–Crippen LogP) is 7.55. The van der Waals surface area contributed by atoms with E-state index >= 15 is 0 Å². The van der Waals surface area contributed by atoms with Gasteiger partial charge < -0.3 is 86.9 Å². The quantitative estimate of drug-likeness (QED) is 0.00666. The van der Waals surface area contributed by atoms with E-state index in [0.717, 1.165) is 45.7 Å². The second-order valence-electron chi connectivity index (χ2n) is 35.6. The number of rotatable bonds is 54. The summed E-state index contributed by atoms with van der Waals surface area (Å²) in [7, 11) is 10.5. The Morgan fingerprint density at radius 1 is 0.527 bits per heavy atom. The van der Waals surface area contributed by atoms with Gasteiger partial charge in [-0.1, -0.05) is 101 Å². The second-order valence-corrected chi connectivity index (χ2v) is 37.4. The molecule has 0 spiro atoms. The molecule has 728 valence electrons. The van der Waals surface area contributed by atoms with Gasteiger partial charge in [-0.3, -0.25) is 87.1 Å². The summed E-state index contributed by atoms with van der Waals surface area (Å²) in [5.41, 5.74) is -1.04. The number of carbonyl (C=O) groups excluding carboxylic acids is 13. The number of phenols is 2. The lowest BCUT2D eigenvalue weighted by Crippen LogP contribution is -2.62. The van der Waals surface area contributed by atoms with Gasteiger partial charge in [0, 0.05) is 121 Å². The number of nitrogens with one attached hydrogen (secondary N) is 8. The van der Waals surface area contributed by atoms with Gasteiger partial charge in [0.05, 0.1) is 53.4 Å². The maximum Gasteiger partial charge on any atom is 0.306 e. The Labute approximate surface area is 776 Å². The standard InChI is InChI=1S/C91H140N16O22S2/c1-25-52(8)78(100-88(126)90(15,16)102(19)20)84(120)104(23)67(50(4)5)46-71(128-57(13)109)82-98-65(48-130-82)80(118)94-61(40-54(10)86(122)123)42-59-28-30-69(111)63(44-59)96-75(115)32-36-92-73(113)34-38-106(56(12)108)107(77(117)27-3)39-35-74(114)93-37-33-76(116)97-64-45-60(29-31-70(64)112)43-62(41-55(11)87(124)125)95-81(119)66-49-131-83(99-66)72(129-58(14)110)47-68(51(6)7)105(24)85(121)79(53(9)26-2)101-89(127)91(17,18)103(21)22/h27-31,44-45,48-55,61-62,67-68,71-72,78-79,89,101,111-112,127H,3,25-26,32-43,46-47H2,1-2,4-24H3,(H,92,113)(H,93,114)(H,94,118)(H,95,119)(H,96,115)(H,97,116)(H,100,126)(H,122,123)(H,124,125)/t52-,53-,54?,55?,61+,62+,67+,68+,71+,72+,78-,79-,89?/m0/s1. The van der Waals surface area contributed by atoms with Crippen LogP contribution in [0.2, 0.25) is 0 Å². The number of hydrogen-bond acceptors (Lipinski definition) is 27. The number of aliphatic carboxylic acids is 2. The van der Waals surface area contributed by atoms with Gasteiger partial charge >= 0.3 is 23.9 Å². The second kappa shape index (κ2) is 52.2. The van der Waals surface area contributed by atoms with Crippen LogP contribution in [0.5, 0.6) is 11.5 Å². The van der Waals surface area contributed by atoms with Gasteiger partial charge in [0.15, 0.2) is 12.2 Å². The van der Waals surface area contributed by atoms with E-state index in [2.05, 4.69) is 59.1 Å². The zero-order valence-electron chi connectivity index (χ0n) is 79.9. The molecule has 4 rings (SSSR count). The first kappa shape index (κ1) is 112. The molecule has 2 heterocycles. The molecule has 0 aliphatic carbocycles. The van der Waals surface area contributed by atoms with E-state index in [1.54, 1.807) is 56.7 Å². The number of amides is 11. The Bertz CT molecular complexity index is 4610. The van der Waals surface area contributed by atoms with Gasteiger partial charge in [-0.05, 0) is 147 Å². The number of nitrogens with zero attached hydrogens (tertiary/aromatic N) is 8. The number of aromatic hydroxyl groups is 2. The van der Waals surface area contributed by atoms with Crippen LogP contribution >= 0.6 is 22.7 Å². The molecule has 3 unspecified atom stereocenters. The van der Waals surface area contributed by atoms with Crippen molar-refractivity contribution in [3.63, 3.8) is 0 Å². The first-order valence-electron chi connectivity index (χ1n) is 44.1. The van der Waals surface area contributed by atoms with Crippen molar-refractivity contribution < 1.29 is 107 Å². The number of esters is 2. The number of anilines is 2. The van der Waals surface area contributed by atoms with Crippen molar-refractivity contribution in [1.82, 2.24) is 71.5 Å². The molecule has 0 radical (unpaired) electrons. The molecule has 0 aliphatic rings. The molecule has 13 N–H and O–H groups in total. The summed E-state index contributed by atoms with van der Waals surface area (Å²) >= 11 is 2.09. The summed E-state index contributed by atoms with van der Waals surface area (Å²) < 4.78 is 11.6. The molecule has 0 aliphatic heterocycles. The Hall–Kier alpha value is -11.1. The van der Waals surface area contributed by atoms with Crippen LogP contribution in [0, 0.1) is 35.5 Å². The van der Waals surface area contributed by atoms with E-state index in [9.17, 15) is 97.5 Å². The Kier molecular flexibility index (Phi) is 44.8. The van der Waals surface area contributed by atoms with Crippen LogP contribution in [0.3, 0.4) is 0 Å².